The van der Waals surface area contributed by atoms with Crippen molar-refractivity contribution in [2.75, 3.05) is 20.1 Å². The van der Waals surface area contributed by atoms with Crippen molar-refractivity contribution in [3.63, 3.8) is 0 Å². The third-order valence-corrected chi connectivity index (χ3v) is 3.79. The normalized spacial score (nSPS) is 17.3. The molecule has 4 heteroatoms. The highest BCUT2D eigenvalue weighted by Crippen LogP contribution is 2.19. The zero-order valence-corrected chi connectivity index (χ0v) is 11.3. The first-order valence-electron chi connectivity index (χ1n) is 6.66. The van der Waals surface area contributed by atoms with E-state index in [-0.39, 0.29) is 5.92 Å². The molecular formula is C15H20N2O2. The molecule has 0 radical (unpaired) electrons. The molecule has 102 valence electrons. The quantitative estimate of drug-likeness (QED) is 0.886. The van der Waals surface area contributed by atoms with E-state index in [0.717, 1.165) is 31.5 Å². The molecular weight excluding hydrogens is 240 g/mol. The van der Waals surface area contributed by atoms with Crippen LogP contribution in [0.25, 0.3) is 0 Å². The predicted octanol–water partition coefficient (Wildman–Crippen LogP) is 1.24. The lowest BCUT2D eigenvalue weighted by molar-refractivity contribution is -0.123. The van der Waals surface area contributed by atoms with Crippen LogP contribution in [0.2, 0.25) is 0 Å². The summed E-state index contributed by atoms with van der Waals surface area (Å²) in [6.45, 7) is 1.99. The Morgan fingerprint density at radius 3 is 2.32 bits per heavy atom. The molecule has 1 aliphatic rings. The number of primary amides is 1. The van der Waals surface area contributed by atoms with Gasteiger partial charge in [0.05, 0.1) is 0 Å². The maximum atomic E-state index is 12.2. The second kappa shape index (κ2) is 5.97. The summed E-state index contributed by atoms with van der Waals surface area (Å²) >= 11 is 0. The van der Waals surface area contributed by atoms with Gasteiger partial charge in [-0.05, 0) is 50.7 Å². The summed E-state index contributed by atoms with van der Waals surface area (Å²) in [4.78, 5) is 25.4. The zero-order valence-electron chi connectivity index (χ0n) is 11.3. The van der Waals surface area contributed by atoms with Crippen molar-refractivity contribution in [2.24, 2.45) is 11.7 Å². The topological polar surface area (TPSA) is 63.4 Å². The summed E-state index contributed by atoms with van der Waals surface area (Å²) in [5.41, 5.74) is 6.62. The van der Waals surface area contributed by atoms with Crippen molar-refractivity contribution in [1.29, 1.82) is 0 Å². The van der Waals surface area contributed by atoms with Gasteiger partial charge in [0.15, 0.2) is 0 Å². The number of nitrogens with two attached hydrogens (primary N) is 1. The van der Waals surface area contributed by atoms with Crippen LogP contribution in [-0.2, 0) is 11.2 Å². The van der Waals surface area contributed by atoms with E-state index in [1.807, 2.05) is 12.1 Å². The number of piperidine rings is 1. The highest BCUT2D eigenvalue weighted by Gasteiger charge is 2.23. The van der Waals surface area contributed by atoms with E-state index in [4.69, 9.17) is 5.73 Å². The molecule has 1 aromatic carbocycles. The summed E-state index contributed by atoms with van der Waals surface area (Å²) in [6.07, 6.45) is 2.36. The first-order valence-corrected chi connectivity index (χ1v) is 6.66. The van der Waals surface area contributed by atoms with Gasteiger partial charge in [0.1, 0.15) is 5.78 Å². The van der Waals surface area contributed by atoms with Crippen LogP contribution in [0.1, 0.15) is 28.8 Å². The van der Waals surface area contributed by atoms with E-state index in [0.29, 0.717) is 17.8 Å². The molecule has 0 unspecified atom stereocenters. The van der Waals surface area contributed by atoms with Gasteiger partial charge in [-0.2, -0.15) is 0 Å². The molecule has 0 bridgehead atoms. The van der Waals surface area contributed by atoms with Crippen LogP contribution in [0, 0.1) is 5.92 Å². The number of nitrogens with zero attached hydrogens (tertiary/aromatic N) is 1. The maximum absolute atomic E-state index is 12.2. The summed E-state index contributed by atoms with van der Waals surface area (Å²) in [6, 6.07) is 6.99. The highest BCUT2D eigenvalue weighted by molar-refractivity contribution is 5.93. The zero-order chi connectivity index (χ0) is 13.8. The molecule has 1 amide bonds. The van der Waals surface area contributed by atoms with Crippen LogP contribution < -0.4 is 5.73 Å². The first kappa shape index (κ1) is 13.7. The summed E-state index contributed by atoms with van der Waals surface area (Å²) < 4.78 is 0. The Morgan fingerprint density at radius 2 is 1.79 bits per heavy atom. The molecule has 4 nitrogen and oxygen atoms in total. The lowest BCUT2D eigenvalue weighted by Gasteiger charge is -2.28. The number of carbonyl (C=O) groups excluding carboxylic acids is 2. The third kappa shape index (κ3) is 3.64. The van der Waals surface area contributed by atoms with Gasteiger partial charge < -0.3 is 10.6 Å². The first-order chi connectivity index (χ1) is 9.06. The van der Waals surface area contributed by atoms with Gasteiger partial charge in [0, 0.05) is 17.9 Å². The van der Waals surface area contributed by atoms with Crippen molar-refractivity contribution >= 4 is 11.7 Å². The van der Waals surface area contributed by atoms with Gasteiger partial charge >= 0.3 is 0 Å². The maximum Gasteiger partial charge on any atom is 0.248 e. The molecule has 1 aromatic rings. The summed E-state index contributed by atoms with van der Waals surface area (Å²) in [7, 11) is 2.09. The highest BCUT2D eigenvalue weighted by atomic mass is 16.1. The fourth-order valence-electron chi connectivity index (χ4n) is 2.46. The lowest BCUT2D eigenvalue weighted by atomic mass is 9.89. The largest absolute Gasteiger partial charge is 0.366 e. The Labute approximate surface area is 113 Å². The average Bonchev–Trinajstić information content (AvgIpc) is 2.40. The van der Waals surface area contributed by atoms with Crippen molar-refractivity contribution < 1.29 is 9.59 Å². The molecule has 2 rings (SSSR count). The molecule has 1 fully saturated rings. The number of rotatable bonds is 4. The van der Waals surface area contributed by atoms with Crippen LogP contribution in [0.15, 0.2) is 24.3 Å². The third-order valence-electron chi connectivity index (χ3n) is 3.79. The summed E-state index contributed by atoms with van der Waals surface area (Å²) in [5.74, 6) is 0.0557. The molecule has 0 aliphatic carbocycles. The summed E-state index contributed by atoms with van der Waals surface area (Å²) in [5, 5.41) is 0. The fourth-order valence-corrected chi connectivity index (χ4v) is 2.46. The monoisotopic (exact) mass is 260 g/mol. The number of hydrogen-bond donors (Lipinski definition) is 1. The van der Waals surface area contributed by atoms with Crippen molar-refractivity contribution in [1.82, 2.24) is 4.90 Å². The molecule has 0 spiro atoms. The number of benzene rings is 1. The average molecular weight is 260 g/mol. The van der Waals surface area contributed by atoms with Crippen LogP contribution in [0.3, 0.4) is 0 Å². The molecule has 1 saturated heterocycles. The minimum absolute atomic E-state index is 0.187. The van der Waals surface area contributed by atoms with Gasteiger partial charge in [0.25, 0.3) is 0 Å². The van der Waals surface area contributed by atoms with E-state index in [1.54, 1.807) is 12.1 Å². The van der Waals surface area contributed by atoms with Gasteiger partial charge in [-0.3, -0.25) is 9.59 Å². The second-order valence-corrected chi connectivity index (χ2v) is 5.28. The van der Waals surface area contributed by atoms with Gasteiger partial charge in [-0.15, -0.1) is 0 Å². The lowest BCUT2D eigenvalue weighted by Crippen LogP contribution is -2.34. The smallest absolute Gasteiger partial charge is 0.248 e. The van der Waals surface area contributed by atoms with Crippen molar-refractivity contribution in [2.45, 2.75) is 19.3 Å². The number of ketones is 1. The molecule has 0 saturated carbocycles. The molecule has 1 aliphatic heterocycles. The standard InChI is InChI=1S/C15H20N2O2/c1-17-8-6-12(7-9-17)14(18)10-11-2-4-13(5-3-11)15(16)19/h2-5,12H,6-10H2,1H3,(H2,16,19). The number of hydrogen-bond acceptors (Lipinski definition) is 3. The van der Waals surface area contributed by atoms with E-state index in [9.17, 15) is 9.59 Å². The molecule has 1 heterocycles. The number of likely N-dealkylation sites (tertiary alicyclic amines) is 1. The molecule has 2 N–H and O–H groups in total. The molecule has 0 aromatic heterocycles. The van der Waals surface area contributed by atoms with Crippen molar-refractivity contribution in [3.8, 4) is 0 Å². The van der Waals surface area contributed by atoms with Crippen LogP contribution in [0.4, 0.5) is 0 Å². The van der Waals surface area contributed by atoms with E-state index >= 15 is 0 Å². The Balaban J connectivity index is 1.93. The fraction of sp³-hybridized carbons (Fsp3) is 0.467. The van der Waals surface area contributed by atoms with E-state index < -0.39 is 5.91 Å². The minimum atomic E-state index is -0.437. The van der Waals surface area contributed by atoms with Gasteiger partial charge in [-0.1, -0.05) is 12.1 Å². The molecule has 19 heavy (non-hydrogen) atoms. The van der Waals surface area contributed by atoms with Crippen LogP contribution in [-0.4, -0.2) is 36.7 Å². The number of amides is 1. The minimum Gasteiger partial charge on any atom is -0.366 e. The SMILES string of the molecule is CN1CCC(C(=O)Cc2ccc(C(N)=O)cc2)CC1. The predicted molar refractivity (Wildman–Crippen MR) is 73.9 cm³/mol. The Hall–Kier alpha value is -1.68. The Kier molecular flexibility index (Phi) is 4.32. The second-order valence-electron chi connectivity index (χ2n) is 5.28. The van der Waals surface area contributed by atoms with Crippen molar-refractivity contribution in [3.05, 3.63) is 35.4 Å². The molecule has 0 atom stereocenters. The Morgan fingerprint density at radius 1 is 1.21 bits per heavy atom. The van der Waals surface area contributed by atoms with E-state index in [2.05, 4.69) is 11.9 Å². The van der Waals surface area contributed by atoms with E-state index in [1.165, 1.54) is 0 Å². The van der Waals surface area contributed by atoms with Crippen LogP contribution in [0.5, 0.6) is 0 Å². The van der Waals surface area contributed by atoms with Crippen LogP contribution >= 0.6 is 0 Å². The van der Waals surface area contributed by atoms with Gasteiger partial charge in [0.2, 0.25) is 5.91 Å². The Bertz CT molecular complexity index is 460. The number of Topliss-reactive ketones (excluding diaryl/α,β-unsaturated/α-hetero) is 1. The van der Waals surface area contributed by atoms with Gasteiger partial charge in [-0.25, -0.2) is 0 Å². The number of carbonyl (C=O) groups is 2.